The zero-order chi connectivity index (χ0) is 13.0. The molecule has 1 aromatic rings. The number of nitrogens with zero attached hydrogens (tertiary/aromatic N) is 1. The molecular formula is C13H22N2O2S. The Morgan fingerprint density at radius 3 is 2.89 bits per heavy atom. The van der Waals surface area contributed by atoms with Crippen molar-refractivity contribution >= 4 is 11.3 Å². The molecule has 0 unspecified atom stereocenters. The second-order valence-electron chi connectivity index (χ2n) is 4.78. The summed E-state index contributed by atoms with van der Waals surface area (Å²) in [5.74, 6) is 0. The number of aryl methyl sites for hydroxylation is 1. The Labute approximate surface area is 113 Å². The molecule has 2 rings (SSSR count). The van der Waals surface area contributed by atoms with E-state index in [0.29, 0.717) is 6.10 Å². The lowest BCUT2D eigenvalue weighted by molar-refractivity contribution is -0.0550. The average molecular weight is 270 g/mol. The van der Waals surface area contributed by atoms with Crippen LogP contribution in [-0.4, -0.2) is 38.0 Å². The molecule has 0 spiro atoms. The molecular weight excluding hydrogens is 248 g/mol. The lowest BCUT2D eigenvalue weighted by Crippen LogP contribution is -2.56. The second-order valence-corrected chi connectivity index (χ2v) is 5.64. The van der Waals surface area contributed by atoms with Gasteiger partial charge in [0.1, 0.15) is 5.01 Å². The zero-order valence-electron chi connectivity index (χ0n) is 11.4. The van der Waals surface area contributed by atoms with Crippen LogP contribution in [0.5, 0.6) is 0 Å². The third-order valence-electron chi connectivity index (χ3n) is 3.35. The van der Waals surface area contributed by atoms with Gasteiger partial charge in [0, 0.05) is 31.3 Å². The number of hydrogen-bond acceptors (Lipinski definition) is 5. The second kappa shape index (κ2) is 6.10. The van der Waals surface area contributed by atoms with Crippen LogP contribution in [0, 0.1) is 6.92 Å². The summed E-state index contributed by atoms with van der Waals surface area (Å²) in [6.07, 6.45) is 2.39. The molecule has 0 amide bonds. The predicted octanol–water partition coefficient (Wildman–Crippen LogP) is 2.08. The van der Waals surface area contributed by atoms with Crippen molar-refractivity contribution < 1.29 is 9.47 Å². The minimum absolute atomic E-state index is 0.0112. The number of thiazole rings is 1. The van der Waals surface area contributed by atoms with E-state index < -0.39 is 0 Å². The fourth-order valence-corrected chi connectivity index (χ4v) is 3.43. The smallest absolute Gasteiger partial charge is 0.113 e. The van der Waals surface area contributed by atoms with Crippen molar-refractivity contribution in [2.75, 3.05) is 26.9 Å². The topological polar surface area (TPSA) is 43.4 Å². The Kier molecular flexibility index (Phi) is 4.72. The van der Waals surface area contributed by atoms with Gasteiger partial charge < -0.3 is 14.8 Å². The maximum atomic E-state index is 5.67. The monoisotopic (exact) mass is 270 g/mol. The lowest BCUT2D eigenvalue weighted by atomic mass is 9.74. The van der Waals surface area contributed by atoms with Crippen LogP contribution in [0.15, 0.2) is 5.38 Å². The molecule has 1 heterocycles. The van der Waals surface area contributed by atoms with E-state index in [1.165, 1.54) is 5.01 Å². The van der Waals surface area contributed by atoms with Gasteiger partial charge in [-0.05, 0) is 26.7 Å². The minimum atomic E-state index is 0.0112. The third kappa shape index (κ3) is 2.91. The Hall–Kier alpha value is -0.490. The van der Waals surface area contributed by atoms with E-state index in [4.69, 9.17) is 9.47 Å². The van der Waals surface area contributed by atoms with Crippen LogP contribution in [-0.2, 0) is 15.0 Å². The minimum Gasteiger partial charge on any atom is -0.383 e. The Balaban J connectivity index is 2.00. The molecule has 1 aliphatic carbocycles. The highest BCUT2D eigenvalue weighted by Gasteiger charge is 2.47. The van der Waals surface area contributed by atoms with E-state index >= 15 is 0 Å². The molecule has 1 saturated carbocycles. The van der Waals surface area contributed by atoms with E-state index in [2.05, 4.69) is 15.7 Å². The molecule has 0 saturated heterocycles. The number of nitrogens with one attached hydrogen (secondary N) is 1. The van der Waals surface area contributed by atoms with Crippen LogP contribution in [0.1, 0.15) is 30.5 Å². The van der Waals surface area contributed by atoms with Crippen molar-refractivity contribution in [1.29, 1.82) is 0 Å². The fraction of sp³-hybridized carbons (Fsp3) is 0.769. The Morgan fingerprint density at radius 1 is 1.56 bits per heavy atom. The summed E-state index contributed by atoms with van der Waals surface area (Å²) in [7, 11) is 1.73. The molecule has 1 N–H and O–H groups in total. The van der Waals surface area contributed by atoms with Gasteiger partial charge in [0.15, 0.2) is 0 Å². The van der Waals surface area contributed by atoms with Crippen molar-refractivity contribution in [3.63, 3.8) is 0 Å². The molecule has 0 radical (unpaired) electrons. The molecule has 18 heavy (non-hydrogen) atoms. The van der Waals surface area contributed by atoms with E-state index in [-0.39, 0.29) is 5.54 Å². The number of aromatic nitrogens is 1. The van der Waals surface area contributed by atoms with Crippen LogP contribution in [0.2, 0.25) is 0 Å². The normalized spacial score (nSPS) is 27.2. The number of hydrogen-bond donors (Lipinski definition) is 1. The van der Waals surface area contributed by atoms with Gasteiger partial charge in [-0.25, -0.2) is 4.98 Å². The molecule has 5 heteroatoms. The average Bonchev–Trinajstić information content (AvgIpc) is 2.73. The third-order valence-corrected chi connectivity index (χ3v) is 4.52. The Bertz CT molecular complexity index is 369. The first kappa shape index (κ1) is 13.9. The van der Waals surface area contributed by atoms with E-state index in [9.17, 15) is 0 Å². The van der Waals surface area contributed by atoms with Gasteiger partial charge in [-0.3, -0.25) is 0 Å². The first-order chi connectivity index (χ1) is 8.70. The van der Waals surface area contributed by atoms with Crippen LogP contribution >= 0.6 is 11.3 Å². The summed E-state index contributed by atoms with van der Waals surface area (Å²) in [4.78, 5) is 4.64. The number of ether oxygens (including phenoxy) is 2. The number of rotatable bonds is 7. The van der Waals surface area contributed by atoms with E-state index in [0.717, 1.165) is 38.3 Å². The van der Waals surface area contributed by atoms with Gasteiger partial charge in [-0.2, -0.15) is 0 Å². The van der Waals surface area contributed by atoms with E-state index in [1.807, 2.05) is 13.8 Å². The first-order valence-corrected chi connectivity index (χ1v) is 7.36. The maximum Gasteiger partial charge on any atom is 0.113 e. The molecule has 1 fully saturated rings. The fourth-order valence-electron chi connectivity index (χ4n) is 2.43. The lowest BCUT2D eigenvalue weighted by Gasteiger charge is -2.46. The zero-order valence-corrected chi connectivity index (χ0v) is 12.2. The largest absolute Gasteiger partial charge is 0.383 e. The quantitative estimate of drug-likeness (QED) is 0.770. The Morgan fingerprint density at radius 2 is 2.33 bits per heavy atom. The molecule has 0 atom stereocenters. The van der Waals surface area contributed by atoms with Gasteiger partial charge in [0.2, 0.25) is 0 Å². The number of methoxy groups -OCH3 is 1. The van der Waals surface area contributed by atoms with Gasteiger partial charge in [-0.15, -0.1) is 11.3 Å². The summed E-state index contributed by atoms with van der Waals surface area (Å²) >= 11 is 1.74. The van der Waals surface area contributed by atoms with Crippen molar-refractivity contribution in [2.24, 2.45) is 0 Å². The predicted molar refractivity (Wildman–Crippen MR) is 73.1 cm³/mol. The van der Waals surface area contributed by atoms with Crippen LogP contribution < -0.4 is 5.32 Å². The summed E-state index contributed by atoms with van der Waals surface area (Å²) in [6, 6.07) is 0. The van der Waals surface area contributed by atoms with Crippen LogP contribution in [0.4, 0.5) is 0 Å². The first-order valence-electron chi connectivity index (χ1n) is 6.48. The maximum absolute atomic E-state index is 5.67. The van der Waals surface area contributed by atoms with Gasteiger partial charge in [-0.1, -0.05) is 0 Å². The molecule has 0 aromatic carbocycles. The molecule has 1 aromatic heterocycles. The van der Waals surface area contributed by atoms with Crippen molar-refractivity contribution in [3.05, 3.63) is 16.1 Å². The van der Waals surface area contributed by atoms with Gasteiger partial charge in [0.05, 0.1) is 18.2 Å². The van der Waals surface area contributed by atoms with Gasteiger partial charge in [0.25, 0.3) is 0 Å². The summed E-state index contributed by atoms with van der Waals surface area (Å²) in [6.45, 7) is 6.46. The molecule has 0 aliphatic heterocycles. The summed E-state index contributed by atoms with van der Waals surface area (Å²) in [5.41, 5.74) is 1.11. The highest BCUT2D eigenvalue weighted by molar-refractivity contribution is 7.09. The standard InChI is InChI=1S/C13H22N2O2S/c1-4-17-11-7-13(8-11,14-5-6-16-3)12-15-10(2)9-18-12/h9,11,14H,4-8H2,1-3H3. The van der Waals surface area contributed by atoms with Crippen molar-refractivity contribution in [3.8, 4) is 0 Å². The van der Waals surface area contributed by atoms with Crippen LogP contribution in [0.3, 0.4) is 0 Å². The highest BCUT2D eigenvalue weighted by Crippen LogP contribution is 2.44. The molecule has 1 aliphatic rings. The molecule has 4 nitrogen and oxygen atoms in total. The SMILES string of the molecule is CCOC1CC(NCCOC)(c2nc(C)cs2)C1. The molecule has 102 valence electrons. The van der Waals surface area contributed by atoms with Crippen molar-refractivity contribution in [2.45, 2.75) is 38.3 Å². The van der Waals surface area contributed by atoms with Crippen LogP contribution in [0.25, 0.3) is 0 Å². The molecule has 0 bridgehead atoms. The van der Waals surface area contributed by atoms with Gasteiger partial charge >= 0.3 is 0 Å². The van der Waals surface area contributed by atoms with Crippen molar-refractivity contribution in [1.82, 2.24) is 10.3 Å². The van der Waals surface area contributed by atoms with E-state index in [1.54, 1.807) is 18.4 Å². The highest BCUT2D eigenvalue weighted by atomic mass is 32.1. The summed E-state index contributed by atoms with van der Waals surface area (Å²) in [5, 5.41) is 6.90. The summed E-state index contributed by atoms with van der Waals surface area (Å²) < 4.78 is 10.8.